The van der Waals surface area contributed by atoms with Crippen molar-refractivity contribution in [3.05, 3.63) is 23.0 Å². The molecule has 1 aromatic rings. The molecule has 2 N–H and O–H groups in total. The summed E-state index contributed by atoms with van der Waals surface area (Å²) in [5, 5.41) is 0.123. The van der Waals surface area contributed by atoms with Crippen LogP contribution in [0.3, 0.4) is 0 Å². The number of carbonyl (C=O) groups is 1. The van der Waals surface area contributed by atoms with E-state index < -0.39 is 5.97 Å². The smallest absolute Gasteiger partial charge is 0.341 e. The van der Waals surface area contributed by atoms with Crippen molar-refractivity contribution in [2.24, 2.45) is 0 Å². The summed E-state index contributed by atoms with van der Waals surface area (Å²) in [6.07, 6.45) is 5.64. The third-order valence-corrected chi connectivity index (χ3v) is 2.61. The zero-order valence-corrected chi connectivity index (χ0v) is 10.7. The van der Waals surface area contributed by atoms with Crippen molar-refractivity contribution in [3.63, 3.8) is 0 Å². The van der Waals surface area contributed by atoms with Crippen molar-refractivity contribution in [2.75, 3.05) is 12.3 Å². The summed E-state index contributed by atoms with van der Waals surface area (Å²) in [5.74, 6) is -0.466. The highest BCUT2D eigenvalue weighted by Gasteiger charge is 2.13. The summed E-state index contributed by atoms with van der Waals surface area (Å²) in [6.45, 7) is 2.54. The molecule has 4 nitrogen and oxygen atoms in total. The molecule has 0 aliphatic carbocycles. The molecule has 5 heteroatoms. The number of hydrogen-bond acceptors (Lipinski definition) is 4. The quantitative estimate of drug-likeness (QED) is 0.483. The topological polar surface area (TPSA) is 65.2 Å². The second-order valence-electron chi connectivity index (χ2n) is 3.80. The molecule has 1 heterocycles. The first-order chi connectivity index (χ1) is 8.15. The third kappa shape index (κ3) is 4.61. The summed E-state index contributed by atoms with van der Waals surface area (Å²) in [7, 11) is 0. The van der Waals surface area contributed by atoms with Crippen molar-refractivity contribution >= 4 is 23.3 Å². The number of ether oxygens (including phenoxy) is 1. The monoisotopic (exact) mass is 256 g/mol. The van der Waals surface area contributed by atoms with Crippen LogP contribution in [0.5, 0.6) is 0 Å². The number of rotatable bonds is 6. The summed E-state index contributed by atoms with van der Waals surface area (Å²) in [4.78, 5) is 15.4. The van der Waals surface area contributed by atoms with Gasteiger partial charge in [-0.05, 0) is 12.5 Å². The van der Waals surface area contributed by atoms with Gasteiger partial charge >= 0.3 is 5.97 Å². The number of pyridine rings is 1. The van der Waals surface area contributed by atoms with Crippen molar-refractivity contribution in [1.82, 2.24) is 4.98 Å². The van der Waals surface area contributed by atoms with E-state index in [2.05, 4.69) is 11.9 Å². The van der Waals surface area contributed by atoms with Gasteiger partial charge in [0.25, 0.3) is 0 Å². The molecule has 0 amide bonds. The van der Waals surface area contributed by atoms with Crippen molar-refractivity contribution in [1.29, 1.82) is 0 Å². The second kappa shape index (κ2) is 7.12. The van der Waals surface area contributed by atoms with Crippen LogP contribution in [0.15, 0.2) is 12.3 Å². The van der Waals surface area contributed by atoms with Crippen molar-refractivity contribution < 1.29 is 9.53 Å². The Morgan fingerprint density at radius 1 is 1.47 bits per heavy atom. The van der Waals surface area contributed by atoms with E-state index in [-0.39, 0.29) is 10.7 Å². The van der Waals surface area contributed by atoms with Gasteiger partial charge in [-0.3, -0.25) is 0 Å². The van der Waals surface area contributed by atoms with Crippen LogP contribution in [-0.2, 0) is 4.74 Å². The molecule has 0 aliphatic rings. The Morgan fingerprint density at radius 2 is 2.24 bits per heavy atom. The van der Waals surface area contributed by atoms with Crippen LogP contribution in [0.2, 0.25) is 5.15 Å². The van der Waals surface area contributed by atoms with Gasteiger partial charge in [0.1, 0.15) is 5.15 Å². The van der Waals surface area contributed by atoms with E-state index in [4.69, 9.17) is 22.1 Å². The summed E-state index contributed by atoms with van der Waals surface area (Å²) in [5.41, 5.74) is 6.15. The third-order valence-electron chi connectivity index (χ3n) is 2.31. The number of anilines is 1. The van der Waals surface area contributed by atoms with E-state index >= 15 is 0 Å². The SMILES string of the molecule is CCCCCCOC(=O)c1cc(N)cnc1Cl. The van der Waals surface area contributed by atoms with Crippen LogP contribution >= 0.6 is 11.6 Å². The molecule has 0 unspecified atom stereocenters. The molecule has 0 aliphatic heterocycles. The van der Waals surface area contributed by atoms with Gasteiger partial charge in [0, 0.05) is 0 Å². The standard InChI is InChI=1S/C12H17ClN2O2/c1-2-3-4-5-6-17-12(16)10-7-9(14)8-15-11(10)13/h7-8H,2-6,14H2,1H3. The molecule has 17 heavy (non-hydrogen) atoms. The lowest BCUT2D eigenvalue weighted by molar-refractivity contribution is 0.0497. The lowest BCUT2D eigenvalue weighted by atomic mass is 10.2. The fourth-order valence-corrected chi connectivity index (χ4v) is 1.56. The van der Waals surface area contributed by atoms with Gasteiger partial charge in [-0.2, -0.15) is 0 Å². The fraction of sp³-hybridized carbons (Fsp3) is 0.500. The maximum Gasteiger partial charge on any atom is 0.341 e. The van der Waals surface area contributed by atoms with Crippen LogP contribution < -0.4 is 5.73 Å². The van der Waals surface area contributed by atoms with Crippen molar-refractivity contribution in [2.45, 2.75) is 32.6 Å². The molecular weight excluding hydrogens is 240 g/mol. The Hall–Kier alpha value is -1.29. The van der Waals surface area contributed by atoms with E-state index in [1.807, 2.05) is 0 Å². The Bertz CT molecular complexity index is 383. The first-order valence-corrected chi connectivity index (χ1v) is 6.11. The molecule has 1 aromatic heterocycles. The molecule has 0 bridgehead atoms. The number of nitrogens with zero attached hydrogens (tertiary/aromatic N) is 1. The largest absolute Gasteiger partial charge is 0.462 e. The van der Waals surface area contributed by atoms with Crippen LogP contribution in [-0.4, -0.2) is 17.6 Å². The normalized spacial score (nSPS) is 10.2. The van der Waals surface area contributed by atoms with Gasteiger partial charge < -0.3 is 10.5 Å². The van der Waals surface area contributed by atoms with E-state index in [0.29, 0.717) is 12.3 Å². The summed E-state index contributed by atoms with van der Waals surface area (Å²) < 4.78 is 5.09. The molecule has 94 valence electrons. The first-order valence-electron chi connectivity index (χ1n) is 5.73. The maximum absolute atomic E-state index is 11.6. The van der Waals surface area contributed by atoms with Crippen LogP contribution in [0.4, 0.5) is 5.69 Å². The second-order valence-corrected chi connectivity index (χ2v) is 4.16. The number of unbranched alkanes of at least 4 members (excludes halogenated alkanes) is 3. The first kappa shape index (κ1) is 13.8. The van der Waals surface area contributed by atoms with Gasteiger partial charge in [-0.1, -0.05) is 37.8 Å². The zero-order valence-electron chi connectivity index (χ0n) is 9.91. The van der Waals surface area contributed by atoms with E-state index in [1.54, 1.807) is 0 Å². The zero-order chi connectivity index (χ0) is 12.7. The van der Waals surface area contributed by atoms with Gasteiger partial charge in [-0.15, -0.1) is 0 Å². The number of nitrogens with two attached hydrogens (primary N) is 1. The predicted molar refractivity (Wildman–Crippen MR) is 68.1 cm³/mol. The molecule has 0 saturated heterocycles. The number of carbonyl (C=O) groups excluding carboxylic acids is 1. The molecule has 0 spiro atoms. The summed E-state index contributed by atoms with van der Waals surface area (Å²) in [6, 6.07) is 1.48. The molecule has 0 fully saturated rings. The lowest BCUT2D eigenvalue weighted by Gasteiger charge is -2.06. The van der Waals surface area contributed by atoms with Crippen LogP contribution in [0.25, 0.3) is 0 Å². The van der Waals surface area contributed by atoms with E-state index in [0.717, 1.165) is 25.7 Å². The number of hydrogen-bond donors (Lipinski definition) is 1. The minimum Gasteiger partial charge on any atom is -0.462 e. The average Bonchev–Trinajstić information content (AvgIpc) is 2.32. The van der Waals surface area contributed by atoms with Crippen LogP contribution in [0.1, 0.15) is 43.0 Å². The maximum atomic E-state index is 11.6. The molecule has 1 rings (SSSR count). The Morgan fingerprint density at radius 3 is 2.94 bits per heavy atom. The highest BCUT2D eigenvalue weighted by molar-refractivity contribution is 6.32. The Kier molecular flexibility index (Phi) is 5.77. The van der Waals surface area contributed by atoms with Crippen LogP contribution in [0, 0.1) is 0 Å². The molecular formula is C12H17ClN2O2. The van der Waals surface area contributed by atoms with E-state index in [9.17, 15) is 4.79 Å². The molecule has 0 atom stereocenters. The van der Waals surface area contributed by atoms with E-state index in [1.165, 1.54) is 12.3 Å². The minimum atomic E-state index is -0.466. The Labute approximate surface area is 106 Å². The number of esters is 1. The van der Waals surface area contributed by atoms with Gasteiger partial charge in [0.2, 0.25) is 0 Å². The van der Waals surface area contributed by atoms with Crippen molar-refractivity contribution in [3.8, 4) is 0 Å². The number of halogens is 1. The minimum absolute atomic E-state index is 0.123. The fourth-order valence-electron chi connectivity index (χ4n) is 1.38. The Balaban J connectivity index is 2.44. The average molecular weight is 257 g/mol. The van der Waals surface area contributed by atoms with Gasteiger partial charge in [0.15, 0.2) is 0 Å². The van der Waals surface area contributed by atoms with Gasteiger partial charge in [0.05, 0.1) is 24.1 Å². The lowest BCUT2D eigenvalue weighted by Crippen LogP contribution is -2.08. The molecule has 0 saturated carbocycles. The predicted octanol–water partition coefficient (Wildman–Crippen LogP) is 3.05. The number of nitrogen functional groups attached to an aromatic ring is 1. The highest BCUT2D eigenvalue weighted by Crippen LogP contribution is 2.16. The highest BCUT2D eigenvalue weighted by atomic mass is 35.5. The summed E-state index contributed by atoms with van der Waals surface area (Å²) >= 11 is 5.79. The van der Waals surface area contributed by atoms with Gasteiger partial charge in [-0.25, -0.2) is 9.78 Å². The molecule has 0 aromatic carbocycles. The number of aromatic nitrogens is 1. The molecule has 0 radical (unpaired) electrons.